The van der Waals surface area contributed by atoms with Gasteiger partial charge in [-0.25, -0.2) is 8.42 Å². The molecule has 98 valence electrons. The lowest BCUT2D eigenvalue weighted by Crippen LogP contribution is -2.06. The largest absolute Gasteiger partial charge is 0.289 e. The molecule has 6 heteroatoms. The average molecular weight is 315 g/mol. The molecule has 0 aromatic heterocycles. The summed E-state index contributed by atoms with van der Waals surface area (Å²) in [5.41, 5.74) is 0.386. The van der Waals surface area contributed by atoms with E-state index in [9.17, 15) is 13.2 Å². The Bertz CT molecular complexity index is 722. The van der Waals surface area contributed by atoms with Gasteiger partial charge in [-0.1, -0.05) is 23.7 Å². The van der Waals surface area contributed by atoms with Gasteiger partial charge < -0.3 is 0 Å². The maximum absolute atomic E-state index is 12.3. The van der Waals surface area contributed by atoms with Gasteiger partial charge in [0.1, 0.15) is 0 Å². The fourth-order valence-electron chi connectivity index (χ4n) is 1.62. The van der Waals surface area contributed by atoms with Crippen molar-refractivity contribution in [2.45, 2.75) is 4.90 Å². The second-order valence-electron chi connectivity index (χ2n) is 3.77. The zero-order chi connectivity index (χ0) is 14.0. The minimum absolute atomic E-state index is 0.0415. The molecule has 0 N–H and O–H groups in total. The van der Waals surface area contributed by atoms with E-state index in [1.54, 1.807) is 18.2 Å². The first kappa shape index (κ1) is 14.1. The third-order valence-electron chi connectivity index (χ3n) is 2.50. The minimum Gasteiger partial charge on any atom is -0.289 e. The monoisotopic (exact) mass is 314 g/mol. The van der Waals surface area contributed by atoms with Crippen LogP contribution in [0, 0.1) is 0 Å². The molecule has 19 heavy (non-hydrogen) atoms. The molecule has 0 aliphatic rings. The Morgan fingerprint density at radius 3 is 2.11 bits per heavy atom. The summed E-state index contributed by atoms with van der Waals surface area (Å²) in [6.45, 7) is 0. The lowest BCUT2D eigenvalue weighted by atomic mass is 10.0. The molecule has 0 saturated heterocycles. The second-order valence-corrected chi connectivity index (χ2v) is 6.74. The van der Waals surface area contributed by atoms with Crippen molar-refractivity contribution < 1.29 is 13.2 Å². The van der Waals surface area contributed by atoms with Crippen molar-refractivity contribution in [2.24, 2.45) is 0 Å². The maximum atomic E-state index is 12.3. The predicted octanol–water partition coefficient (Wildman–Crippen LogP) is 3.50. The van der Waals surface area contributed by atoms with E-state index in [0.29, 0.717) is 10.6 Å². The summed E-state index contributed by atoms with van der Waals surface area (Å²) in [7, 11) is 1.35. The molecule has 2 aromatic carbocycles. The third kappa shape index (κ3) is 3.15. The van der Waals surface area contributed by atoms with Crippen LogP contribution >= 0.6 is 22.3 Å². The molecule has 0 amide bonds. The van der Waals surface area contributed by atoms with Crippen LogP contribution in [0.4, 0.5) is 0 Å². The summed E-state index contributed by atoms with van der Waals surface area (Å²) in [5, 5.41) is 0.495. The molecule has 0 atom stereocenters. The molecule has 0 saturated carbocycles. The van der Waals surface area contributed by atoms with E-state index in [4.69, 9.17) is 22.3 Å². The van der Waals surface area contributed by atoms with Gasteiger partial charge in [-0.3, -0.25) is 4.79 Å². The summed E-state index contributed by atoms with van der Waals surface area (Å²) in [4.78, 5) is 12.1. The zero-order valence-corrected chi connectivity index (χ0v) is 11.8. The standard InChI is InChI=1S/C13H8Cl2O3S/c14-10-7-5-9(6-8-10)13(16)11-3-1-2-4-12(11)19(15,17)18/h1-8H. The number of carbonyl (C=O) groups is 1. The third-order valence-corrected chi connectivity index (χ3v) is 4.13. The van der Waals surface area contributed by atoms with E-state index in [1.807, 2.05) is 0 Å². The molecule has 3 nitrogen and oxygen atoms in total. The van der Waals surface area contributed by atoms with Crippen molar-refractivity contribution in [3.63, 3.8) is 0 Å². The number of rotatable bonds is 3. The van der Waals surface area contributed by atoms with Crippen molar-refractivity contribution >= 4 is 37.1 Å². The molecule has 0 radical (unpaired) electrons. The molecule has 0 unspecified atom stereocenters. The molecule has 0 aliphatic heterocycles. The van der Waals surface area contributed by atoms with Gasteiger partial charge in [-0.2, -0.15) is 0 Å². The maximum Gasteiger partial charge on any atom is 0.262 e. The summed E-state index contributed by atoms with van der Waals surface area (Å²) >= 11 is 5.74. The molecule has 0 bridgehead atoms. The van der Waals surface area contributed by atoms with Crippen LogP contribution in [0.3, 0.4) is 0 Å². The van der Waals surface area contributed by atoms with E-state index in [0.717, 1.165) is 0 Å². The van der Waals surface area contributed by atoms with Gasteiger partial charge >= 0.3 is 0 Å². The van der Waals surface area contributed by atoms with Crippen LogP contribution < -0.4 is 0 Å². The van der Waals surface area contributed by atoms with Crippen LogP contribution in [-0.2, 0) is 9.05 Å². The Morgan fingerprint density at radius 1 is 0.947 bits per heavy atom. The van der Waals surface area contributed by atoms with E-state index >= 15 is 0 Å². The van der Waals surface area contributed by atoms with Gasteiger partial charge in [0.25, 0.3) is 9.05 Å². The summed E-state index contributed by atoms with van der Waals surface area (Å²) in [6, 6.07) is 12.0. The highest BCUT2D eigenvalue weighted by Gasteiger charge is 2.20. The Hall–Kier alpha value is -1.36. The Labute approximate surface area is 120 Å². The smallest absolute Gasteiger partial charge is 0.262 e. The number of hydrogen-bond acceptors (Lipinski definition) is 3. The van der Waals surface area contributed by atoms with Crippen molar-refractivity contribution in [1.82, 2.24) is 0 Å². The fraction of sp³-hybridized carbons (Fsp3) is 0. The molecule has 0 heterocycles. The van der Waals surface area contributed by atoms with Gasteiger partial charge in [0.2, 0.25) is 0 Å². The first-order chi connectivity index (χ1) is 8.89. The molecule has 2 aromatic rings. The van der Waals surface area contributed by atoms with Gasteiger partial charge in [0.15, 0.2) is 5.78 Å². The summed E-state index contributed by atoms with van der Waals surface area (Å²) < 4.78 is 22.9. The van der Waals surface area contributed by atoms with Crippen molar-refractivity contribution in [1.29, 1.82) is 0 Å². The highest BCUT2D eigenvalue weighted by molar-refractivity contribution is 8.13. The normalized spacial score (nSPS) is 11.3. The summed E-state index contributed by atoms with van der Waals surface area (Å²) in [6.07, 6.45) is 0. The van der Waals surface area contributed by atoms with Gasteiger partial charge in [-0.15, -0.1) is 0 Å². The van der Waals surface area contributed by atoms with Gasteiger partial charge in [0, 0.05) is 26.8 Å². The fourth-order valence-corrected chi connectivity index (χ4v) is 2.82. The van der Waals surface area contributed by atoms with Crippen LogP contribution in [-0.4, -0.2) is 14.2 Å². The molecular formula is C13H8Cl2O3S. The number of benzene rings is 2. The minimum atomic E-state index is -3.97. The van der Waals surface area contributed by atoms with E-state index in [2.05, 4.69) is 0 Å². The number of hydrogen-bond donors (Lipinski definition) is 0. The van der Waals surface area contributed by atoms with Crippen molar-refractivity contribution in [3.05, 3.63) is 64.7 Å². The van der Waals surface area contributed by atoms with Crippen molar-refractivity contribution in [2.75, 3.05) is 0 Å². The summed E-state index contributed by atoms with van der Waals surface area (Å²) in [5.74, 6) is -0.420. The first-order valence-electron chi connectivity index (χ1n) is 5.23. The highest BCUT2D eigenvalue weighted by atomic mass is 35.7. The SMILES string of the molecule is O=C(c1ccc(Cl)cc1)c1ccccc1S(=O)(=O)Cl. The molecule has 2 rings (SSSR count). The zero-order valence-electron chi connectivity index (χ0n) is 9.51. The number of carbonyl (C=O) groups excluding carboxylic acids is 1. The van der Waals surface area contributed by atoms with Gasteiger partial charge in [-0.05, 0) is 36.4 Å². The average Bonchev–Trinajstić information content (AvgIpc) is 2.38. The highest BCUT2D eigenvalue weighted by Crippen LogP contribution is 2.23. The predicted molar refractivity (Wildman–Crippen MR) is 74.4 cm³/mol. The Morgan fingerprint density at radius 2 is 1.53 bits per heavy atom. The number of ketones is 1. The molecule has 0 fully saturated rings. The lowest BCUT2D eigenvalue weighted by Gasteiger charge is -2.05. The quantitative estimate of drug-likeness (QED) is 0.643. The van der Waals surface area contributed by atoms with E-state index < -0.39 is 14.8 Å². The Kier molecular flexibility index (Phi) is 3.94. The molecule has 0 aliphatic carbocycles. The Balaban J connectivity index is 2.54. The molecule has 0 spiro atoms. The van der Waals surface area contributed by atoms with Crippen LogP contribution in [0.5, 0.6) is 0 Å². The van der Waals surface area contributed by atoms with Crippen LogP contribution in [0.2, 0.25) is 5.02 Å². The first-order valence-corrected chi connectivity index (χ1v) is 7.92. The lowest BCUT2D eigenvalue weighted by molar-refractivity contribution is 0.103. The van der Waals surface area contributed by atoms with Crippen LogP contribution in [0.1, 0.15) is 15.9 Å². The van der Waals surface area contributed by atoms with Gasteiger partial charge in [0.05, 0.1) is 4.90 Å². The van der Waals surface area contributed by atoms with Crippen LogP contribution in [0.25, 0.3) is 0 Å². The topological polar surface area (TPSA) is 51.2 Å². The second kappa shape index (κ2) is 5.33. The van der Waals surface area contributed by atoms with Crippen molar-refractivity contribution in [3.8, 4) is 0 Å². The molecular weight excluding hydrogens is 307 g/mol. The number of halogens is 2. The van der Waals surface area contributed by atoms with Crippen LogP contribution in [0.15, 0.2) is 53.4 Å². The van der Waals surface area contributed by atoms with E-state index in [1.165, 1.54) is 30.3 Å². The van der Waals surface area contributed by atoms with E-state index in [-0.39, 0.29) is 10.5 Å².